The van der Waals surface area contributed by atoms with Crippen LogP contribution in [0, 0.1) is 0 Å². The quantitative estimate of drug-likeness (QED) is 0.578. The third-order valence-electron chi connectivity index (χ3n) is 3.63. The normalized spacial score (nSPS) is 13.1. The van der Waals surface area contributed by atoms with Gasteiger partial charge in [0.25, 0.3) is 0 Å². The van der Waals surface area contributed by atoms with Crippen LogP contribution < -0.4 is 4.74 Å². The second-order valence-electron chi connectivity index (χ2n) is 5.61. The molecule has 0 radical (unpaired) electrons. The molecule has 4 nitrogen and oxygen atoms in total. The first-order valence-corrected chi connectivity index (χ1v) is 8.87. The summed E-state index contributed by atoms with van der Waals surface area (Å²) in [7, 11) is 1.36. The number of benzene rings is 2. The van der Waals surface area contributed by atoms with Crippen LogP contribution in [0.5, 0.6) is 11.5 Å². The number of aromatic hydroxyl groups is 1. The number of phenolic OH excluding ortho intramolecular Hbond substituents is 1. The monoisotopic (exact) mass is 346 g/mol. The molecule has 0 aliphatic carbocycles. The van der Waals surface area contributed by atoms with Crippen molar-refractivity contribution in [2.75, 3.05) is 12.9 Å². The maximum atomic E-state index is 12.2. The van der Waals surface area contributed by atoms with Crippen molar-refractivity contribution < 1.29 is 19.4 Å². The predicted molar refractivity (Wildman–Crippen MR) is 96.4 cm³/mol. The van der Waals surface area contributed by atoms with Crippen molar-refractivity contribution in [1.29, 1.82) is 0 Å². The molecule has 0 heterocycles. The lowest BCUT2D eigenvalue weighted by molar-refractivity contribution is -0.157. The molecule has 1 N–H and O–H groups in total. The van der Waals surface area contributed by atoms with Gasteiger partial charge in [-0.15, -0.1) is 0 Å². The van der Waals surface area contributed by atoms with Crippen molar-refractivity contribution in [2.24, 2.45) is 0 Å². The van der Waals surface area contributed by atoms with Crippen LogP contribution >= 0.6 is 11.8 Å². The first kappa shape index (κ1) is 18.2. The number of thioether (sulfide) groups is 1. The van der Waals surface area contributed by atoms with Gasteiger partial charge >= 0.3 is 5.97 Å². The van der Waals surface area contributed by atoms with E-state index in [1.165, 1.54) is 24.8 Å². The van der Waals surface area contributed by atoms with Crippen molar-refractivity contribution in [3.8, 4) is 11.5 Å². The number of esters is 1. The van der Waals surface area contributed by atoms with Gasteiger partial charge in [0.1, 0.15) is 11.5 Å². The smallest absolute Gasteiger partial charge is 0.349 e. The minimum Gasteiger partial charge on any atom is -0.508 e. The maximum absolute atomic E-state index is 12.2. The molecule has 24 heavy (non-hydrogen) atoms. The molecule has 0 bridgehead atoms. The van der Waals surface area contributed by atoms with Gasteiger partial charge in [0.05, 0.1) is 7.11 Å². The second kappa shape index (κ2) is 8.64. The molecule has 5 heteroatoms. The van der Waals surface area contributed by atoms with E-state index in [1.54, 1.807) is 30.8 Å². The molecular weight excluding hydrogens is 324 g/mol. The van der Waals surface area contributed by atoms with Crippen LogP contribution in [0.15, 0.2) is 54.6 Å². The van der Waals surface area contributed by atoms with Gasteiger partial charge in [-0.1, -0.05) is 30.3 Å². The Labute approximate surface area is 146 Å². The van der Waals surface area contributed by atoms with E-state index in [0.29, 0.717) is 12.2 Å². The number of rotatable bonds is 8. The van der Waals surface area contributed by atoms with E-state index in [0.717, 1.165) is 11.5 Å². The van der Waals surface area contributed by atoms with Gasteiger partial charge in [0, 0.05) is 12.2 Å². The molecular formula is C19H22O4S. The molecule has 0 aliphatic rings. The first-order chi connectivity index (χ1) is 11.5. The fourth-order valence-electron chi connectivity index (χ4n) is 2.22. The zero-order valence-corrected chi connectivity index (χ0v) is 14.7. The Bertz CT molecular complexity index is 642. The largest absolute Gasteiger partial charge is 0.508 e. The molecule has 0 spiro atoms. The lowest BCUT2D eigenvalue weighted by atomic mass is 10.0. The Hall–Kier alpha value is -2.14. The van der Waals surface area contributed by atoms with Crippen molar-refractivity contribution >= 4 is 17.7 Å². The van der Waals surface area contributed by atoms with Gasteiger partial charge in [-0.2, -0.15) is 11.8 Å². The van der Waals surface area contributed by atoms with Gasteiger partial charge in [-0.05, 0) is 42.5 Å². The summed E-state index contributed by atoms with van der Waals surface area (Å²) in [6.45, 7) is 1.73. The van der Waals surface area contributed by atoms with Gasteiger partial charge < -0.3 is 14.6 Å². The highest BCUT2D eigenvalue weighted by molar-refractivity contribution is 7.98. The number of hydrogen-bond acceptors (Lipinski definition) is 5. The average molecular weight is 346 g/mol. The summed E-state index contributed by atoms with van der Waals surface area (Å²) >= 11 is 1.75. The molecule has 2 aromatic carbocycles. The van der Waals surface area contributed by atoms with E-state index in [2.05, 4.69) is 12.1 Å². The summed E-state index contributed by atoms with van der Waals surface area (Å²) in [6, 6.07) is 16.5. The third-order valence-corrected chi connectivity index (χ3v) is 4.66. The van der Waals surface area contributed by atoms with E-state index >= 15 is 0 Å². The molecule has 2 rings (SSSR count). The van der Waals surface area contributed by atoms with Crippen LogP contribution in [0.1, 0.15) is 18.9 Å². The van der Waals surface area contributed by atoms with Crippen LogP contribution in [0.25, 0.3) is 0 Å². The highest BCUT2D eigenvalue weighted by Crippen LogP contribution is 2.26. The SMILES string of the molecule is COC(=O)C(C)(CCSCc1ccccc1)Oc1ccc(O)cc1. The topological polar surface area (TPSA) is 55.8 Å². The van der Waals surface area contributed by atoms with Gasteiger partial charge in [-0.25, -0.2) is 4.79 Å². The standard InChI is InChI=1S/C19H22O4S/c1-19(18(21)22-2,23-17-10-8-16(20)9-11-17)12-13-24-14-15-6-4-3-5-7-15/h3-11,20H,12-14H2,1-2H3. The minimum atomic E-state index is -1.06. The number of hydrogen-bond donors (Lipinski definition) is 1. The van der Waals surface area contributed by atoms with E-state index < -0.39 is 11.6 Å². The van der Waals surface area contributed by atoms with Crippen molar-refractivity contribution in [1.82, 2.24) is 0 Å². The summed E-state index contributed by atoms with van der Waals surface area (Å²) in [4.78, 5) is 12.2. The Morgan fingerprint density at radius 1 is 1.12 bits per heavy atom. The molecule has 1 unspecified atom stereocenters. The Kier molecular flexibility index (Phi) is 6.55. The van der Waals surface area contributed by atoms with Crippen molar-refractivity contribution in [2.45, 2.75) is 24.7 Å². The summed E-state index contributed by atoms with van der Waals surface area (Å²) < 4.78 is 10.8. The molecule has 128 valence electrons. The van der Waals surface area contributed by atoms with Crippen LogP contribution in [-0.4, -0.2) is 29.5 Å². The van der Waals surface area contributed by atoms with Crippen molar-refractivity contribution in [3.05, 3.63) is 60.2 Å². The van der Waals surface area contributed by atoms with E-state index in [-0.39, 0.29) is 5.75 Å². The fraction of sp³-hybridized carbons (Fsp3) is 0.316. The lowest BCUT2D eigenvalue weighted by Gasteiger charge is -2.28. The molecule has 0 fully saturated rings. The van der Waals surface area contributed by atoms with E-state index in [4.69, 9.17) is 9.47 Å². The van der Waals surface area contributed by atoms with Crippen LogP contribution in [0.2, 0.25) is 0 Å². The summed E-state index contributed by atoms with van der Waals surface area (Å²) in [5, 5.41) is 9.34. The highest BCUT2D eigenvalue weighted by atomic mass is 32.2. The second-order valence-corrected chi connectivity index (χ2v) is 6.71. The average Bonchev–Trinajstić information content (AvgIpc) is 2.61. The minimum absolute atomic E-state index is 0.153. The van der Waals surface area contributed by atoms with Crippen LogP contribution in [0.4, 0.5) is 0 Å². The fourth-order valence-corrected chi connectivity index (χ4v) is 3.32. The highest BCUT2D eigenvalue weighted by Gasteiger charge is 2.36. The van der Waals surface area contributed by atoms with Crippen LogP contribution in [0.3, 0.4) is 0 Å². The Balaban J connectivity index is 1.94. The zero-order valence-electron chi connectivity index (χ0n) is 13.9. The summed E-state index contributed by atoms with van der Waals surface area (Å²) in [6.07, 6.45) is 0.526. The molecule has 0 amide bonds. The number of carbonyl (C=O) groups excluding carboxylic acids is 1. The molecule has 1 atom stereocenters. The van der Waals surface area contributed by atoms with E-state index in [9.17, 15) is 9.90 Å². The first-order valence-electron chi connectivity index (χ1n) is 7.71. The lowest BCUT2D eigenvalue weighted by Crippen LogP contribution is -2.43. The van der Waals surface area contributed by atoms with Crippen molar-refractivity contribution in [3.63, 3.8) is 0 Å². The molecule has 2 aromatic rings. The summed E-state index contributed by atoms with van der Waals surface area (Å²) in [5.41, 5.74) is 0.191. The number of carbonyl (C=O) groups is 1. The number of ether oxygens (including phenoxy) is 2. The molecule has 0 saturated heterocycles. The van der Waals surface area contributed by atoms with Crippen LogP contribution in [-0.2, 0) is 15.3 Å². The number of phenols is 1. The predicted octanol–water partition coefficient (Wildman–Crippen LogP) is 4.03. The maximum Gasteiger partial charge on any atom is 0.349 e. The Morgan fingerprint density at radius 2 is 1.79 bits per heavy atom. The molecule has 0 aromatic heterocycles. The molecule has 0 saturated carbocycles. The third kappa shape index (κ3) is 5.20. The molecule has 0 aliphatic heterocycles. The Morgan fingerprint density at radius 3 is 2.42 bits per heavy atom. The summed E-state index contributed by atoms with van der Waals surface area (Å²) in [5.74, 6) is 1.92. The van der Waals surface area contributed by atoms with Gasteiger partial charge in [0.2, 0.25) is 5.60 Å². The van der Waals surface area contributed by atoms with Gasteiger partial charge in [0.15, 0.2) is 0 Å². The number of methoxy groups -OCH3 is 1. The zero-order chi connectivity index (χ0) is 17.4. The van der Waals surface area contributed by atoms with E-state index in [1.807, 2.05) is 18.2 Å². The van der Waals surface area contributed by atoms with Gasteiger partial charge in [-0.3, -0.25) is 0 Å².